The van der Waals surface area contributed by atoms with E-state index >= 15 is 0 Å². The van der Waals surface area contributed by atoms with Gasteiger partial charge in [0.2, 0.25) is 10.0 Å². The number of hydrogen-bond donors (Lipinski definition) is 2. The highest BCUT2D eigenvalue weighted by molar-refractivity contribution is 7.89. The van der Waals surface area contributed by atoms with Crippen LogP contribution >= 0.6 is 23.2 Å². The molecule has 1 aromatic rings. The summed E-state index contributed by atoms with van der Waals surface area (Å²) in [6.07, 6.45) is 0. The first-order valence-electron chi connectivity index (χ1n) is 5.09. The van der Waals surface area contributed by atoms with Gasteiger partial charge in [-0.2, -0.15) is 0 Å². The fourth-order valence-electron chi connectivity index (χ4n) is 1.26. The van der Waals surface area contributed by atoms with E-state index in [9.17, 15) is 8.42 Å². The van der Waals surface area contributed by atoms with E-state index in [1.54, 1.807) is 7.05 Å². The van der Waals surface area contributed by atoms with Crippen LogP contribution in [0.15, 0.2) is 17.0 Å². The van der Waals surface area contributed by atoms with Crippen LogP contribution in [0.2, 0.25) is 10.0 Å². The second kappa shape index (κ2) is 6.58. The summed E-state index contributed by atoms with van der Waals surface area (Å²) in [4.78, 5) is -0.0638. The van der Waals surface area contributed by atoms with Crippen molar-refractivity contribution in [2.75, 3.05) is 27.2 Å². The van der Waals surface area contributed by atoms with E-state index in [2.05, 4.69) is 10.0 Å². The third-order valence-corrected chi connectivity index (χ3v) is 4.38. The van der Waals surface area contributed by atoms with E-state index in [4.69, 9.17) is 27.9 Å². The quantitative estimate of drug-likeness (QED) is 0.781. The number of methoxy groups -OCH3 is 1. The van der Waals surface area contributed by atoms with E-state index in [0.717, 1.165) is 0 Å². The van der Waals surface area contributed by atoms with Crippen LogP contribution < -0.4 is 14.8 Å². The van der Waals surface area contributed by atoms with Crippen LogP contribution in [0.3, 0.4) is 0 Å². The van der Waals surface area contributed by atoms with Gasteiger partial charge in [0, 0.05) is 19.2 Å². The van der Waals surface area contributed by atoms with E-state index in [1.807, 2.05) is 0 Å². The molecule has 0 fully saturated rings. The molecule has 8 heteroatoms. The monoisotopic (exact) mass is 312 g/mol. The molecule has 0 unspecified atom stereocenters. The molecule has 0 aromatic heterocycles. The highest BCUT2D eigenvalue weighted by atomic mass is 35.5. The standard InChI is InChI=1S/C10H14Cl2N2O3S/c1-13-3-4-14-18(15,16)10-6-7(11)9(17-2)5-8(10)12/h5-6,13-14H,3-4H2,1-2H3. The summed E-state index contributed by atoms with van der Waals surface area (Å²) in [7, 11) is -0.517. The molecular weight excluding hydrogens is 299 g/mol. The summed E-state index contributed by atoms with van der Waals surface area (Å²) in [5.74, 6) is 0.329. The van der Waals surface area contributed by atoms with Crippen LogP contribution in [0.5, 0.6) is 5.75 Å². The zero-order valence-electron chi connectivity index (χ0n) is 9.96. The molecule has 5 nitrogen and oxygen atoms in total. The maximum Gasteiger partial charge on any atom is 0.242 e. The zero-order valence-corrected chi connectivity index (χ0v) is 12.3. The van der Waals surface area contributed by atoms with Crippen LogP contribution in [0.25, 0.3) is 0 Å². The average molecular weight is 313 g/mol. The van der Waals surface area contributed by atoms with E-state index < -0.39 is 10.0 Å². The first kappa shape index (κ1) is 15.5. The maximum absolute atomic E-state index is 12.0. The van der Waals surface area contributed by atoms with Crippen molar-refractivity contribution in [1.29, 1.82) is 0 Å². The summed E-state index contributed by atoms with van der Waals surface area (Å²) in [6, 6.07) is 2.64. The number of benzene rings is 1. The van der Waals surface area contributed by atoms with Gasteiger partial charge < -0.3 is 10.1 Å². The Morgan fingerprint density at radius 3 is 2.44 bits per heavy atom. The topological polar surface area (TPSA) is 67.4 Å². The highest BCUT2D eigenvalue weighted by Gasteiger charge is 2.19. The fraction of sp³-hybridized carbons (Fsp3) is 0.400. The largest absolute Gasteiger partial charge is 0.495 e. The molecule has 0 saturated heterocycles. The average Bonchev–Trinajstić information content (AvgIpc) is 2.31. The highest BCUT2D eigenvalue weighted by Crippen LogP contribution is 2.33. The van der Waals surface area contributed by atoms with Gasteiger partial charge in [-0.1, -0.05) is 23.2 Å². The van der Waals surface area contributed by atoms with Gasteiger partial charge in [-0.25, -0.2) is 13.1 Å². The Morgan fingerprint density at radius 1 is 1.22 bits per heavy atom. The van der Waals surface area contributed by atoms with Gasteiger partial charge in [0.25, 0.3) is 0 Å². The van der Waals surface area contributed by atoms with Crippen LogP contribution in [0.1, 0.15) is 0 Å². The predicted octanol–water partition coefficient (Wildman–Crippen LogP) is 1.50. The van der Waals surface area contributed by atoms with Gasteiger partial charge in [-0.3, -0.25) is 0 Å². The Bertz CT molecular complexity index is 520. The van der Waals surface area contributed by atoms with Crippen LogP contribution in [-0.4, -0.2) is 35.7 Å². The lowest BCUT2D eigenvalue weighted by Crippen LogP contribution is -2.30. The molecule has 0 atom stereocenters. The molecule has 0 aliphatic rings. The second-order valence-electron chi connectivity index (χ2n) is 3.42. The molecule has 102 valence electrons. The number of rotatable bonds is 6. The minimum Gasteiger partial charge on any atom is -0.495 e. The zero-order chi connectivity index (χ0) is 13.8. The SMILES string of the molecule is CNCCNS(=O)(=O)c1cc(Cl)c(OC)cc1Cl. The predicted molar refractivity (Wildman–Crippen MR) is 72.1 cm³/mol. The third kappa shape index (κ3) is 3.73. The van der Waals surface area contributed by atoms with Crippen molar-refractivity contribution < 1.29 is 13.2 Å². The Labute approximate surface area is 116 Å². The molecule has 0 heterocycles. The molecule has 0 radical (unpaired) electrons. The molecule has 0 bridgehead atoms. The Balaban J connectivity index is 3.05. The van der Waals surface area contributed by atoms with Crippen molar-refractivity contribution in [3.63, 3.8) is 0 Å². The minimum absolute atomic E-state index is 0.0632. The molecule has 2 N–H and O–H groups in total. The summed E-state index contributed by atoms with van der Waals surface area (Å²) < 4.78 is 31.3. The molecule has 0 saturated carbocycles. The number of sulfonamides is 1. The van der Waals surface area contributed by atoms with E-state index in [-0.39, 0.29) is 21.5 Å². The van der Waals surface area contributed by atoms with Crippen LogP contribution in [0, 0.1) is 0 Å². The second-order valence-corrected chi connectivity index (χ2v) is 5.97. The summed E-state index contributed by atoms with van der Waals surface area (Å²) in [5, 5.41) is 3.08. The number of halogens is 2. The lowest BCUT2D eigenvalue weighted by Gasteiger charge is -2.10. The molecular formula is C10H14Cl2N2O3S. The summed E-state index contributed by atoms with van der Waals surface area (Å²) >= 11 is 11.8. The van der Waals surface area contributed by atoms with Gasteiger partial charge in [0.1, 0.15) is 10.6 Å². The Morgan fingerprint density at radius 2 is 1.89 bits per heavy atom. The number of likely N-dealkylation sites (N-methyl/N-ethyl adjacent to an activating group) is 1. The summed E-state index contributed by atoms with van der Waals surface area (Å²) in [6.45, 7) is 0.777. The molecule has 0 amide bonds. The molecule has 0 aliphatic carbocycles. The minimum atomic E-state index is -3.67. The lowest BCUT2D eigenvalue weighted by atomic mass is 10.3. The van der Waals surface area contributed by atoms with Crippen molar-refractivity contribution in [2.24, 2.45) is 0 Å². The number of nitrogens with one attached hydrogen (secondary N) is 2. The van der Waals surface area contributed by atoms with E-state index in [1.165, 1.54) is 19.2 Å². The molecule has 1 aromatic carbocycles. The summed E-state index contributed by atoms with van der Waals surface area (Å²) in [5.41, 5.74) is 0. The lowest BCUT2D eigenvalue weighted by molar-refractivity contribution is 0.414. The van der Waals surface area contributed by atoms with Gasteiger partial charge in [0.15, 0.2) is 0 Å². The normalized spacial score (nSPS) is 11.6. The number of hydrogen-bond acceptors (Lipinski definition) is 4. The van der Waals surface area contributed by atoms with Gasteiger partial charge in [0.05, 0.1) is 17.2 Å². The fourth-order valence-corrected chi connectivity index (χ4v) is 3.14. The maximum atomic E-state index is 12.0. The van der Waals surface area contributed by atoms with Crippen LogP contribution in [0.4, 0.5) is 0 Å². The van der Waals surface area contributed by atoms with E-state index in [0.29, 0.717) is 12.3 Å². The Hall–Kier alpha value is -0.530. The molecule has 0 spiro atoms. The smallest absolute Gasteiger partial charge is 0.242 e. The van der Waals surface area contributed by atoms with Crippen molar-refractivity contribution in [3.05, 3.63) is 22.2 Å². The van der Waals surface area contributed by atoms with Crippen molar-refractivity contribution in [1.82, 2.24) is 10.0 Å². The van der Waals surface area contributed by atoms with Crippen molar-refractivity contribution in [2.45, 2.75) is 4.90 Å². The van der Waals surface area contributed by atoms with Crippen molar-refractivity contribution >= 4 is 33.2 Å². The molecule has 0 aliphatic heterocycles. The van der Waals surface area contributed by atoms with Gasteiger partial charge >= 0.3 is 0 Å². The van der Waals surface area contributed by atoms with Crippen LogP contribution in [-0.2, 0) is 10.0 Å². The first-order chi connectivity index (χ1) is 8.42. The third-order valence-electron chi connectivity index (χ3n) is 2.16. The Kier molecular flexibility index (Phi) is 5.68. The number of ether oxygens (including phenoxy) is 1. The van der Waals surface area contributed by atoms with Gasteiger partial charge in [-0.05, 0) is 13.1 Å². The molecule has 1 rings (SSSR count). The van der Waals surface area contributed by atoms with Crippen molar-refractivity contribution in [3.8, 4) is 5.75 Å². The molecule has 18 heavy (non-hydrogen) atoms. The first-order valence-corrected chi connectivity index (χ1v) is 7.33. The van der Waals surface area contributed by atoms with Gasteiger partial charge in [-0.15, -0.1) is 0 Å².